The van der Waals surface area contributed by atoms with Crippen molar-refractivity contribution in [2.75, 3.05) is 5.32 Å². The topological polar surface area (TPSA) is 122 Å². The van der Waals surface area contributed by atoms with Crippen LogP contribution < -0.4 is 10.1 Å². The first-order valence-corrected chi connectivity index (χ1v) is 9.98. The summed E-state index contributed by atoms with van der Waals surface area (Å²) in [5, 5.41) is 23.2. The van der Waals surface area contributed by atoms with Crippen LogP contribution in [0.1, 0.15) is 15.9 Å². The zero-order chi connectivity index (χ0) is 24.0. The zero-order valence-corrected chi connectivity index (χ0v) is 18.1. The number of hydrogen-bond donors (Lipinski definition) is 1. The van der Waals surface area contributed by atoms with Crippen molar-refractivity contribution in [1.82, 2.24) is 0 Å². The number of benzene rings is 3. The molecule has 3 aromatic carbocycles. The molecule has 3 rings (SSSR count). The number of non-ortho nitro benzene ring substituents is 1. The highest BCUT2D eigenvalue weighted by Crippen LogP contribution is 2.30. The predicted molar refractivity (Wildman–Crippen MR) is 123 cm³/mol. The van der Waals surface area contributed by atoms with Gasteiger partial charge in [-0.05, 0) is 42.0 Å². The van der Waals surface area contributed by atoms with Gasteiger partial charge in [0, 0.05) is 12.1 Å². The number of nitrogens with one attached hydrogen (secondary N) is 1. The molecule has 0 aliphatic rings. The van der Waals surface area contributed by atoms with Gasteiger partial charge in [-0.1, -0.05) is 47.5 Å². The summed E-state index contributed by atoms with van der Waals surface area (Å²) < 4.78 is 5.22. The van der Waals surface area contributed by atoms with Gasteiger partial charge in [-0.2, -0.15) is 5.26 Å². The zero-order valence-electron chi connectivity index (χ0n) is 16.6. The van der Waals surface area contributed by atoms with Crippen LogP contribution in [-0.4, -0.2) is 16.8 Å². The smallest absolute Gasteiger partial charge is 0.343 e. The standard InChI is InChI=1S/C23H13Cl2N3O5/c24-19-5-2-6-20(21(19)25)27-22(29)16(13-26)11-14-7-9-18(10-8-14)33-23(30)15-3-1-4-17(12-15)28(31)32/h1-12H,(H,27,29)/b16-11+. The first-order chi connectivity index (χ1) is 15.8. The van der Waals surface area contributed by atoms with Crippen molar-refractivity contribution in [2.45, 2.75) is 0 Å². The van der Waals surface area contributed by atoms with E-state index in [1.807, 2.05) is 6.07 Å². The third kappa shape index (κ3) is 5.95. The SMILES string of the molecule is N#C/C(=C\c1ccc(OC(=O)c2cccc([N+](=O)[O-])c2)cc1)C(=O)Nc1cccc(Cl)c1Cl. The van der Waals surface area contributed by atoms with Gasteiger partial charge in [-0.3, -0.25) is 14.9 Å². The van der Waals surface area contributed by atoms with Crippen LogP contribution in [0.15, 0.2) is 72.3 Å². The Morgan fingerprint density at radius 3 is 2.42 bits per heavy atom. The van der Waals surface area contributed by atoms with Crippen LogP contribution in [0.2, 0.25) is 10.0 Å². The van der Waals surface area contributed by atoms with Crippen molar-refractivity contribution in [3.8, 4) is 11.8 Å². The average Bonchev–Trinajstić information content (AvgIpc) is 2.81. The Labute approximate surface area is 197 Å². The molecule has 0 aromatic heterocycles. The van der Waals surface area contributed by atoms with Gasteiger partial charge in [-0.15, -0.1) is 0 Å². The number of nitro groups is 1. The number of nitrogens with zero attached hydrogens (tertiary/aromatic N) is 2. The van der Waals surface area contributed by atoms with Gasteiger partial charge < -0.3 is 10.1 Å². The fourth-order valence-electron chi connectivity index (χ4n) is 2.65. The van der Waals surface area contributed by atoms with Crippen LogP contribution >= 0.6 is 23.2 Å². The summed E-state index contributed by atoms with van der Waals surface area (Å²) in [6, 6.07) is 17.7. The van der Waals surface area contributed by atoms with Crippen LogP contribution in [0.4, 0.5) is 11.4 Å². The third-order valence-electron chi connectivity index (χ3n) is 4.26. The molecule has 0 heterocycles. The number of ether oxygens (including phenoxy) is 1. The van der Waals surface area contributed by atoms with E-state index in [2.05, 4.69) is 5.32 Å². The Morgan fingerprint density at radius 1 is 1.06 bits per heavy atom. The van der Waals surface area contributed by atoms with Crippen molar-refractivity contribution in [3.63, 3.8) is 0 Å². The van der Waals surface area contributed by atoms with Crippen LogP contribution in [0.3, 0.4) is 0 Å². The van der Waals surface area contributed by atoms with Gasteiger partial charge >= 0.3 is 5.97 Å². The van der Waals surface area contributed by atoms with Crippen molar-refractivity contribution < 1.29 is 19.2 Å². The molecule has 0 spiro atoms. The van der Waals surface area contributed by atoms with Crippen LogP contribution in [0.25, 0.3) is 6.08 Å². The fourth-order valence-corrected chi connectivity index (χ4v) is 3.00. The molecule has 164 valence electrons. The first kappa shape index (κ1) is 23.5. The van der Waals surface area contributed by atoms with E-state index in [4.69, 9.17) is 27.9 Å². The number of carbonyl (C=O) groups excluding carboxylic acids is 2. The molecular weight excluding hydrogens is 469 g/mol. The summed E-state index contributed by atoms with van der Waals surface area (Å²) in [5.74, 6) is -1.27. The molecule has 0 fully saturated rings. The maximum Gasteiger partial charge on any atom is 0.343 e. The summed E-state index contributed by atoms with van der Waals surface area (Å²) in [6.07, 6.45) is 1.35. The van der Waals surface area contributed by atoms with Crippen molar-refractivity contribution in [2.24, 2.45) is 0 Å². The molecule has 0 atom stereocenters. The van der Waals surface area contributed by atoms with E-state index >= 15 is 0 Å². The van der Waals surface area contributed by atoms with Crippen molar-refractivity contribution in [1.29, 1.82) is 5.26 Å². The molecule has 0 radical (unpaired) electrons. The number of nitriles is 1. The lowest BCUT2D eigenvalue weighted by atomic mass is 10.1. The van der Waals surface area contributed by atoms with Crippen LogP contribution in [-0.2, 0) is 4.79 Å². The lowest BCUT2D eigenvalue weighted by Gasteiger charge is -2.08. The Hall–Kier alpha value is -4.19. The highest BCUT2D eigenvalue weighted by molar-refractivity contribution is 6.44. The Balaban J connectivity index is 1.71. The number of amides is 1. The summed E-state index contributed by atoms with van der Waals surface area (Å²) in [6.45, 7) is 0. The van der Waals surface area contributed by atoms with Crippen LogP contribution in [0, 0.1) is 21.4 Å². The third-order valence-corrected chi connectivity index (χ3v) is 5.08. The summed E-state index contributed by atoms with van der Waals surface area (Å²) in [4.78, 5) is 34.9. The minimum absolute atomic E-state index is 0.0243. The molecule has 10 heteroatoms. The second-order valence-electron chi connectivity index (χ2n) is 6.49. The Morgan fingerprint density at radius 2 is 1.76 bits per heavy atom. The second kappa shape index (κ2) is 10.4. The van der Waals surface area contributed by atoms with E-state index in [9.17, 15) is 25.0 Å². The minimum atomic E-state index is -0.766. The molecule has 33 heavy (non-hydrogen) atoms. The second-order valence-corrected chi connectivity index (χ2v) is 7.28. The molecule has 0 aliphatic heterocycles. The van der Waals surface area contributed by atoms with E-state index in [1.54, 1.807) is 18.2 Å². The molecule has 0 bridgehead atoms. The normalized spacial score (nSPS) is 10.8. The fraction of sp³-hybridized carbons (Fsp3) is 0. The monoisotopic (exact) mass is 481 g/mol. The van der Waals surface area contributed by atoms with E-state index in [0.29, 0.717) is 5.56 Å². The van der Waals surface area contributed by atoms with E-state index in [-0.39, 0.29) is 38.3 Å². The summed E-state index contributed by atoms with van der Waals surface area (Å²) in [5.41, 5.74) is 0.364. The van der Waals surface area contributed by atoms with Gasteiger partial charge in [-0.25, -0.2) is 4.79 Å². The van der Waals surface area contributed by atoms with Crippen LogP contribution in [0.5, 0.6) is 5.75 Å². The molecule has 0 saturated carbocycles. The van der Waals surface area contributed by atoms with Crippen molar-refractivity contribution >= 4 is 52.5 Å². The lowest BCUT2D eigenvalue weighted by molar-refractivity contribution is -0.384. The van der Waals surface area contributed by atoms with E-state index < -0.39 is 16.8 Å². The minimum Gasteiger partial charge on any atom is -0.423 e. The van der Waals surface area contributed by atoms with Gasteiger partial charge in [0.1, 0.15) is 17.4 Å². The Bertz CT molecular complexity index is 1310. The molecule has 1 amide bonds. The lowest BCUT2D eigenvalue weighted by Crippen LogP contribution is -2.13. The maximum absolute atomic E-state index is 12.4. The molecule has 1 N–H and O–H groups in total. The largest absolute Gasteiger partial charge is 0.423 e. The van der Waals surface area contributed by atoms with Gasteiger partial charge in [0.25, 0.3) is 11.6 Å². The number of halogens is 2. The van der Waals surface area contributed by atoms with Gasteiger partial charge in [0.05, 0.1) is 26.2 Å². The summed E-state index contributed by atoms with van der Waals surface area (Å²) >= 11 is 12.0. The number of rotatable bonds is 6. The van der Waals surface area contributed by atoms with Gasteiger partial charge in [0.2, 0.25) is 0 Å². The number of hydrogen-bond acceptors (Lipinski definition) is 6. The first-order valence-electron chi connectivity index (χ1n) is 9.22. The predicted octanol–water partition coefficient (Wildman–Crippen LogP) is 5.67. The molecule has 3 aromatic rings. The number of carbonyl (C=O) groups is 2. The molecule has 0 unspecified atom stereocenters. The van der Waals surface area contributed by atoms with Crippen molar-refractivity contribution in [3.05, 3.63) is 104 Å². The number of nitro benzene ring substituents is 1. The Kier molecular flexibility index (Phi) is 7.41. The highest BCUT2D eigenvalue weighted by atomic mass is 35.5. The molecular formula is C23H13Cl2N3O5. The molecule has 0 saturated heterocycles. The maximum atomic E-state index is 12.4. The highest BCUT2D eigenvalue weighted by Gasteiger charge is 2.15. The van der Waals surface area contributed by atoms with E-state index in [1.165, 1.54) is 48.5 Å². The number of anilines is 1. The van der Waals surface area contributed by atoms with Gasteiger partial charge in [0.15, 0.2) is 0 Å². The average molecular weight is 482 g/mol. The quantitative estimate of drug-likeness (QED) is 0.121. The number of esters is 1. The summed E-state index contributed by atoms with van der Waals surface area (Å²) in [7, 11) is 0. The van der Waals surface area contributed by atoms with E-state index in [0.717, 1.165) is 6.07 Å². The molecule has 8 nitrogen and oxygen atoms in total. The molecule has 0 aliphatic carbocycles.